The summed E-state index contributed by atoms with van der Waals surface area (Å²) in [6.07, 6.45) is 3.01. The normalized spacial score (nSPS) is 39.8. The summed E-state index contributed by atoms with van der Waals surface area (Å²) in [6, 6.07) is 0. The summed E-state index contributed by atoms with van der Waals surface area (Å²) in [4.78, 5) is 0. The van der Waals surface area contributed by atoms with Gasteiger partial charge in [-0.3, -0.25) is 0 Å². The largest absolute Gasteiger partial charge is 0.365 e. The lowest BCUT2D eigenvalue weighted by Crippen LogP contribution is -2.24. The fraction of sp³-hybridized carbons (Fsp3) is 0.800. The molecule has 3 heteroatoms. The third-order valence-corrected chi connectivity index (χ3v) is 2.58. The van der Waals surface area contributed by atoms with Gasteiger partial charge < -0.3 is 4.74 Å². The predicted molar refractivity (Wildman–Crippen MR) is 37.2 cm³/mol. The fourth-order valence-corrected chi connectivity index (χ4v) is 1.21. The van der Waals surface area contributed by atoms with Gasteiger partial charge >= 0.3 is 0 Å². The van der Waals surface area contributed by atoms with E-state index in [9.17, 15) is 0 Å². The highest BCUT2D eigenvalue weighted by Gasteiger charge is 2.20. The lowest BCUT2D eigenvalue weighted by atomic mass is 10.2. The van der Waals surface area contributed by atoms with E-state index in [0.29, 0.717) is 0 Å². The van der Waals surface area contributed by atoms with Gasteiger partial charge in [0.2, 0.25) is 0 Å². The monoisotopic (exact) mass is 197 g/mol. The molecule has 0 N–H and O–H groups in total. The summed E-state index contributed by atoms with van der Waals surface area (Å²) in [7, 11) is 0. The lowest BCUT2D eigenvalue weighted by Gasteiger charge is -2.21. The molecule has 1 aliphatic rings. The highest BCUT2D eigenvalue weighted by molar-refractivity contribution is 9.09. The van der Waals surface area contributed by atoms with Crippen LogP contribution in [0.5, 0.6) is 0 Å². The van der Waals surface area contributed by atoms with Crippen LogP contribution in [0.3, 0.4) is 0 Å². The van der Waals surface area contributed by atoms with Gasteiger partial charge in [-0.05, 0) is 12.8 Å². The molecule has 0 bridgehead atoms. The molecular weight excluding hydrogens is 191 g/mol. The maximum atomic E-state index is 5.74. The van der Waals surface area contributed by atoms with E-state index in [-0.39, 0.29) is 10.4 Å². The molecule has 47 valence electrons. The van der Waals surface area contributed by atoms with Crippen LogP contribution < -0.4 is 0 Å². The van der Waals surface area contributed by atoms with E-state index in [1.165, 1.54) is 0 Å². The number of hydrogen-bond acceptors (Lipinski definition) is 1. The van der Waals surface area contributed by atoms with E-state index >= 15 is 0 Å². The summed E-state index contributed by atoms with van der Waals surface area (Å²) in [6.45, 7) is 0.791. The standard InChI is InChI=1S/C5H7BrClO/c6-5-4(7)2-1-3-8-5/h2,4-5H,1,3H2. The number of alkyl halides is 2. The first-order valence-corrected chi connectivity index (χ1v) is 3.89. The van der Waals surface area contributed by atoms with Gasteiger partial charge in [-0.1, -0.05) is 15.9 Å². The van der Waals surface area contributed by atoms with Gasteiger partial charge in [-0.15, -0.1) is 11.6 Å². The Balaban J connectivity index is 2.28. The van der Waals surface area contributed by atoms with Crippen LogP contribution in [0.25, 0.3) is 0 Å². The van der Waals surface area contributed by atoms with Crippen molar-refractivity contribution in [3.8, 4) is 0 Å². The lowest BCUT2D eigenvalue weighted by molar-refractivity contribution is 0.0995. The Morgan fingerprint density at radius 1 is 1.75 bits per heavy atom. The molecule has 2 atom stereocenters. The average molecular weight is 198 g/mol. The quantitative estimate of drug-likeness (QED) is 0.541. The molecule has 0 aromatic heterocycles. The Morgan fingerprint density at radius 2 is 2.50 bits per heavy atom. The van der Waals surface area contributed by atoms with Crippen LogP contribution >= 0.6 is 27.5 Å². The van der Waals surface area contributed by atoms with Crippen LogP contribution in [-0.2, 0) is 4.74 Å². The second kappa shape index (κ2) is 3.04. The second-order valence-electron chi connectivity index (χ2n) is 1.69. The highest BCUT2D eigenvalue weighted by atomic mass is 79.9. The summed E-state index contributed by atoms with van der Waals surface area (Å²) >= 11 is 9.01. The van der Waals surface area contributed by atoms with Gasteiger partial charge in [0.25, 0.3) is 0 Å². The SMILES string of the molecule is ClC1[CH]CCOC1Br. The Kier molecular flexibility index (Phi) is 2.60. The first-order chi connectivity index (χ1) is 3.80. The molecule has 1 nitrogen and oxygen atoms in total. The molecule has 8 heavy (non-hydrogen) atoms. The molecule has 1 fully saturated rings. The molecule has 1 aliphatic heterocycles. The summed E-state index contributed by atoms with van der Waals surface area (Å²) in [5, 5.41) is 0.0710. The maximum absolute atomic E-state index is 5.74. The van der Waals surface area contributed by atoms with Crippen molar-refractivity contribution < 1.29 is 4.74 Å². The smallest absolute Gasteiger partial charge is 0.129 e. The summed E-state index contributed by atoms with van der Waals surface area (Å²) in [5.74, 6) is 0. The Labute approximate surface area is 62.5 Å². The maximum Gasteiger partial charge on any atom is 0.129 e. The van der Waals surface area contributed by atoms with E-state index in [1.807, 2.05) is 6.42 Å². The molecule has 0 amide bonds. The van der Waals surface area contributed by atoms with Crippen LogP contribution in [0.2, 0.25) is 0 Å². The molecular formula is C5H7BrClO. The molecule has 0 aromatic rings. The zero-order valence-corrected chi connectivity index (χ0v) is 6.65. The van der Waals surface area contributed by atoms with Crippen LogP contribution in [0, 0.1) is 6.42 Å². The van der Waals surface area contributed by atoms with Crippen molar-refractivity contribution in [3.05, 3.63) is 6.42 Å². The third-order valence-electron chi connectivity index (χ3n) is 1.04. The number of rotatable bonds is 0. The molecule has 1 rings (SSSR count). The third kappa shape index (κ3) is 1.61. The van der Waals surface area contributed by atoms with Gasteiger partial charge in [0.1, 0.15) is 5.01 Å². The van der Waals surface area contributed by atoms with Crippen molar-refractivity contribution >= 4 is 27.5 Å². The fourth-order valence-electron chi connectivity index (χ4n) is 0.607. The minimum Gasteiger partial charge on any atom is -0.365 e. The Bertz CT molecular complexity index is 68.8. The van der Waals surface area contributed by atoms with Gasteiger partial charge in [0.05, 0.1) is 5.38 Å². The van der Waals surface area contributed by atoms with Crippen LogP contribution in [-0.4, -0.2) is 17.0 Å². The Morgan fingerprint density at radius 3 is 2.88 bits per heavy atom. The highest BCUT2D eigenvalue weighted by Crippen LogP contribution is 2.22. The molecule has 1 radical (unpaired) electrons. The second-order valence-corrected chi connectivity index (χ2v) is 3.10. The van der Waals surface area contributed by atoms with E-state index < -0.39 is 0 Å². The first-order valence-electron chi connectivity index (χ1n) is 2.54. The van der Waals surface area contributed by atoms with E-state index in [4.69, 9.17) is 16.3 Å². The molecule has 1 heterocycles. The molecule has 0 aromatic carbocycles. The molecule has 0 aliphatic carbocycles. The topological polar surface area (TPSA) is 9.23 Å². The van der Waals surface area contributed by atoms with E-state index in [1.54, 1.807) is 0 Å². The summed E-state index contributed by atoms with van der Waals surface area (Å²) in [5.41, 5.74) is 0. The first kappa shape index (κ1) is 6.84. The minimum atomic E-state index is 0.0258. The number of halogens is 2. The molecule has 1 saturated heterocycles. The van der Waals surface area contributed by atoms with Crippen LogP contribution in [0.15, 0.2) is 0 Å². The predicted octanol–water partition coefficient (Wildman–Crippen LogP) is 1.94. The van der Waals surface area contributed by atoms with Crippen LogP contribution in [0.4, 0.5) is 0 Å². The number of hydrogen-bond donors (Lipinski definition) is 0. The minimum absolute atomic E-state index is 0.0258. The van der Waals surface area contributed by atoms with Crippen molar-refractivity contribution in [1.29, 1.82) is 0 Å². The number of ether oxygens (including phenoxy) is 1. The van der Waals surface area contributed by atoms with E-state index in [0.717, 1.165) is 13.0 Å². The van der Waals surface area contributed by atoms with Crippen molar-refractivity contribution in [2.45, 2.75) is 16.8 Å². The van der Waals surface area contributed by atoms with Crippen LogP contribution in [0.1, 0.15) is 6.42 Å². The molecule has 0 saturated carbocycles. The van der Waals surface area contributed by atoms with E-state index in [2.05, 4.69) is 15.9 Å². The zero-order chi connectivity index (χ0) is 5.98. The van der Waals surface area contributed by atoms with Gasteiger partial charge in [-0.2, -0.15) is 0 Å². The summed E-state index contributed by atoms with van der Waals surface area (Å²) < 4.78 is 5.14. The zero-order valence-electron chi connectivity index (χ0n) is 4.31. The van der Waals surface area contributed by atoms with Crippen molar-refractivity contribution in [1.82, 2.24) is 0 Å². The van der Waals surface area contributed by atoms with Gasteiger partial charge in [-0.25, -0.2) is 0 Å². The van der Waals surface area contributed by atoms with Crippen molar-refractivity contribution in [3.63, 3.8) is 0 Å². The average Bonchev–Trinajstić information content (AvgIpc) is 1.77. The van der Waals surface area contributed by atoms with Crippen molar-refractivity contribution in [2.24, 2.45) is 0 Å². The molecule has 0 spiro atoms. The van der Waals surface area contributed by atoms with Crippen molar-refractivity contribution in [2.75, 3.05) is 6.61 Å². The molecule has 2 unspecified atom stereocenters. The Hall–Kier alpha value is 0.730. The van der Waals surface area contributed by atoms with Gasteiger partial charge in [0, 0.05) is 6.61 Å². The van der Waals surface area contributed by atoms with Gasteiger partial charge in [0.15, 0.2) is 0 Å².